The minimum Gasteiger partial charge on any atom is -0.352 e. The Labute approximate surface area is 164 Å². The fourth-order valence-corrected chi connectivity index (χ4v) is 3.45. The molecule has 2 aromatic rings. The van der Waals surface area contributed by atoms with Gasteiger partial charge < -0.3 is 15.2 Å². The Morgan fingerprint density at radius 3 is 2.68 bits per heavy atom. The smallest absolute Gasteiger partial charge is 0.253 e. The summed E-state index contributed by atoms with van der Waals surface area (Å²) in [5.41, 5.74) is 0.761. The van der Waals surface area contributed by atoms with Crippen LogP contribution >= 0.6 is 0 Å². The lowest BCUT2D eigenvalue weighted by molar-refractivity contribution is -0.122. The first-order valence-corrected chi connectivity index (χ1v) is 9.74. The molecule has 28 heavy (non-hydrogen) atoms. The van der Waals surface area contributed by atoms with Crippen molar-refractivity contribution in [3.05, 3.63) is 64.3 Å². The first kappa shape index (κ1) is 19.8. The molecule has 0 spiro atoms. The highest BCUT2D eigenvalue weighted by atomic mass is 16.2. The predicted octanol–water partition coefficient (Wildman–Crippen LogP) is 2.18. The summed E-state index contributed by atoms with van der Waals surface area (Å²) in [6.07, 6.45) is 8.51. The van der Waals surface area contributed by atoms with Crippen molar-refractivity contribution in [2.24, 2.45) is 0 Å². The van der Waals surface area contributed by atoms with E-state index in [0.717, 1.165) is 31.4 Å². The second-order valence-electron chi connectivity index (χ2n) is 7.24. The van der Waals surface area contributed by atoms with E-state index in [1.165, 1.54) is 29.3 Å². The third-order valence-electron chi connectivity index (χ3n) is 5.01. The van der Waals surface area contributed by atoms with Crippen LogP contribution in [0.1, 0.15) is 61.1 Å². The number of aromatic nitrogens is 2. The van der Waals surface area contributed by atoms with E-state index >= 15 is 0 Å². The van der Waals surface area contributed by atoms with Crippen molar-refractivity contribution in [2.75, 3.05) is 0 Å². The lowest BCUT2D eigenvalue weighted by atomic mass is 9.95. The molecule has 1 aliphatic rings. The number of amides is 2. The lowest BCUT2D eigenvalue weighted by Crippen LogP contribution is -2.40. The third-order valence-corrected chi connectivity index (χ3v) is 5.01. The van der Waals surface area contributed by atoms with Crippen LogP contribution in [-0.4, -0.2) is 27.4 Å². The van der Waals surface area contributed by atoms with Gasteiger partial charge in [-0.1, -0.05) is 25.3 Å². The quantitative estimate of drug-likeness (QED) is 0.801. The maximum absolute atomic E-state index is 12.5. The molecule has 7 heteroatoms. The van der Waals surface area contributed by atoms with Gasteiger partial charge in [0.25, 0.3) is 11.5 Å². The molecule has 0 bridgehead atoms. The normalized spacial score (nSPS) is 15.6. The summed E-state index contributed by atoms with van der Waals surface area (Å²) < 4.78 is 1.28. The van der Waals surface area contributed by atoms with Gasteiger partial charge in [-0.3, -0.25) is 19.4 Å². The van der Waals surface area contributed by atoms with Gasteiger partial charge in [0.15, 0.2) is 0 Å². The largest absolute Gasteiger partial charge is 0.352 e. The second kappa shape index (κ2) is 9.30. The highest BCUT2D eigenvalue weighted by molar-refractivity contribution is 5.94. The van der Waals surface area contributed by atoms with Gasteiger partial charge in [0.1, 0.15) is 6.54 Å². The van der Waals surface area contributed by atoms with Crippen LogP contribution in [0.3, 0.4) is 0 Å². The molecule has 0 saturated heterocycles. The molecular formula is C21H26N4O3. The first-order valence-electron chi connectivity index (χ1n) is 9.74. The van der Waals surface area contributed by atoms with Crippen molar-refractivity contribution in [1.29, 1.82) is 0 Å². The Kier molecular flexibility index (Phi) is 6.57. The zero-order valence-corrected chi connectivity index (χ0v) is 16.1. The van der Waals surface area contributed by atoms with Gasteiger partial charge in [0.2, 0.25) is 5.91 Å². The number of nitrogens with zero attached hydrogens (tertiary/aromatic N) is 2. The minimum absolute atomic E-state index is 0.0910. The maximum Gasteiger partial charge on any atom is 0.253 e. The van der Waals surface area contributed by atoms with Gasteiger partial charge in [0.05, 0.1) is 17.3 Å². The molecule has 0 radical (unpaired) electrons. The average molecular weight is 382 g/mol. The summed E-state index contributed by atoms with van der Waals surface area (Å²) >= 11 is 0. The molecule has 1 saturated carbocycles. The number of carbonyl (C=O) groups excluding carboxylic acids is 2. The fourth-order valence-electron chi connectivity index (χ4n) is 3.45. The van der Waals surface area contributed by atoms with E-state index in [0.29, 0.717) is 5.56 Å². The molecule has 0 aromatic carbocycles. The Morgan fingerprint density at radius 2 is 1.96 bits per heavy atom. The summed E-state index contributed by atoms with van der Waals surface area (Å²) in [6.45, 7) is 1.75. The zero-order valence-electron chi connectivity index (χ0n) is 16.1. The van der Waals surface area contributed by atoms with Crippen LogP contribution in [0.15, 0.2) is 47.5 Å². The van der Waals surface area contributed by atoms with Gasteiger partial charge in [0, 0.05) is 24.5 Å². The van der Waals surface area contributed by atoms with Crippen LogP contribution < -0.4 is 16.2 Å². The molecule has 2 aromatic heterocycles. The Balaban J connectivity index is 1.64. The van der Waals surface area contributed by atoms with Gasteiger partial charge in [-0.2, -0.15) is 0 Å². The van der Waals surface area contributed by atoms with E-state index in [1.807, 2.05) is 25.1 Å². The molecule has 2 amide bonds. The molecule has 7 nitrogen and oxygen atoms in total. The van der Waals surface area contributed by atoms with E-state index < -0.39 is 0 Å². The van der Waals surface area contributed by atoms with Crippen LogP contribution in [0.5, 0.6) is 0 Å². The molecule has 1 aliphatic carbocycles. The van der Waals surface area contributed by atoms with Crippen LogP contribution in [-0.2, 0) is 11.3 Å². The average Bonchev–Trinajstić information content (AvgIpc) is 2.71. The number of nitrogens with one attached hydrogen (secondary N) is 2. The minimum atomic E-state index is -0.320. The zero-order chi connectivity index (χ0) is 19.9. The predicted molar refractivity (Wildman–Crippen MR) is 106 cm³/mol. The highest BCUT2D eigenvalue weighted by Gasteiger charge is 2.17. The van der Waals surface area contributed by atoms with E-state index in [2.05, 4.69) is 15.6 Å². The molecule has 2 N–H and O–H groups in total. The maximum atomic E-state index is 12.5. The van der Waals surface area contributed by atoms with E-state index in [1.54, 1.807) is 6.20 Å². The van der Waals surface area contributed by atoms with E-state index in [9.17, 15) is 14.4 Å². The summed E-state index contributed by atoms with van der Waals surface area (Å²) in [6, 6.07) is 8.20. The Bertz CT molecular complexity index is 873. The number of carbonyl (C=O) groups is 2. The third kappa shape index (κ3) is 5.28. The van der Waals surface area contributed by atoms with Crippen molar-refractivity contribution in [2.45, 2.75) is 57.7 Å². The molecule has 1 atom stereocenters. The van der Waals surface area contributed by atoms with Crippen LogP contribution in [0, 0.1) is 0 Å². The van der Waals surface area contributed by atoms with E-state index in [-0.39, 0.29) is 36.0 Å². The number of hydrogen-bond acceptors (Lipinski definition) is 4. The highest BCUT2D eigenvalue weighted by Crippen LogP contribution is 2.17. The van der Waals surface area contributed by atoms with Crippen molar-refractivity contribution in [1.82, 2.24) is 20.2 Å². The Morgan fingerprint density at radius 1 is 1.18 bits per heavy atom. The fraction of sp³-hybridized carbons (Fsp3) is 0.429. The topological polar surface area (TPSA) is 93.1 Å². The molecular weight excluding hydrogens is 356 g/mol. The number of pyridine rings is 2. The molecule has 148 valence electrons. The SMILES string of the molecule is C[C@H](NC(=O)c1ccc(=O)n(CC(=O)NC2CCCCC2)c1)c1ccccn1. The molecule has 0 aliphatic heterocycles. The van der Waals surface area contributed by atoms with Crippen molar-refractivity contribution in [3.63, 3.8) is 0 Å². The number of rotatable bonds is 6. The van der Waals surface area contributed by atoms with Gasteiger partial charge in [-0.05, 0) is 38.0 Å². The molecule has 0 unspecified atom stereocenters. The lowest BCUT2D eigenvalue weighted by Gasteiger charge is -2.23. The van der Waals surface area contributed by atoms with Crippen molar-refractivity contribution < 1.29 is 9.59 Å². The second-order valence-corrected chi connectivity index (χ2v) is 7.24. The van der Waals surface area contributed by atoms with Gasteiger partial charge >= 0.3 is 0 Å². The summed E-state index contributed by atoms with van der Waals surface area (Å²) in [5, 5.41) is 5.85. The molecule has 2 heterocycles. The summed E-state index contributed by atoms with van der Waals surface area (Å²) in [7, 11) is 0. The van der Waals surface area contributed by atoms with Crippen molar-refractivity contribution in [3.8, 4) is 0 Å². The van der Waals surface area contributed by atoms with Crippen LogP contribution in [0.2, 0.25) is 0 Å². The van der Waals surface area contributed by atoms with Crippen molar-refractivity contribution >= 4 is 11.8 Å². The monoisotopic (exact) mass is 382 g/mol. The van der Waals surface area contributed by atoms with Gasteiger partial charge in [-0.25, -0.2) is 0 Å². The standard InChI is InChI=1S/C21H26N4O3/c1-15(18-9-5-6-12-22-18)23-21(28)16-10-11-20(27)25(13-16)14-19(26)24-17-7-3-2-4-8-17/h5-6,9-13,15,17H,2-4,7-8,14H2,1H3,(H,23,28)(H,24,26)/t15-/m0/s1. The van der Waals surface area contributed by atoms with Crippen LogP contribution in [0.4, 0.5) is 0 Å². The number of hydrogen-bond donors (Lipinski definition) is 2. The Hall–Kier alpha value is -2.96. The summed E-state index contributed by atoms with van der Waals surface area (Å²) in [4.78, 5) is 41.2. The molecule has 1 fully saturated rings. The first-order chi connectivity index (χ1) is 13.5. The summed E-state index contributed by atoms with van der Waals surface area (Å²) in [5.74, 6) is -0.520. The van der Waals surface area contributed by atoms with E-state index in [4.69, 9.17) is 0 Å². The molecule has 3 rings (SSSR count). The van der Waals surface area contributed by atoms with Gasteiger partial charge in [-0.15, -0.1) is 0 Å². The van der Waals surface area contributed by atoms with Crippen LogP contribution in [0.25, 0.3) is 0 Å².